The fourth-order valence-corrected chi connectivity index (χ4v) is 2.71. The van der Waals surface area contributed by atoms with E-state index >= 15 is 0 Å². The SMILES string of the molecule is NS(=O)(=O)Oc1ccc(CCNC(=O)CCNC(=O)OCc2ccccc2)cc1. The van der Waals surface area contributed by atoms with Gasteiger partial charge in [0, 0.05) is 19.5 Å². The van der Waals surface area contributed by atoms with Crippen LogP contribution in [0.5, 0.6) is 5.75 Å². The van der Waals surface area contributed by atoms with E-state index in [0.717, 1.165) is 11.1 Å². The zero-order valence-electron chi connectivity index (χ0n) is 15.7. The molecule has 9 nitrogen and oxygen atoms in total. The normalized spacial score (nSPS) is 10.8. The summed E-state index contributed by atoms with van der Waals surface area (Å²) in [6, 6.07) is 15.6. The van der Waals surface area contributed by atoms with Crippen LogP contribution >= 0.6 is 0 Å². The van der Waals surface area contributed by atoms with E-state index in [0.29, 0.717) is 13.0 Å². The smallest absolute Gasteiger partial charge is 0.407 e. The van der Waals surface area contributed by atoms with E-state index in [1.165, 1.54) is 12.1 Å². The summed E-state index contributed by atoms with van der Waals surface area (Å²) in [7, 11) is -4.05. The summed E-state index contributed by atoms with van der Waals surface area (Å²) in [5.41, 5.74) is 1.76. The molecule has 0 aromatic heterocycles. The first kappa shape index (κ1) is 22.2. The predicted octanol–water partition coefficient (Wildman–Crippen LogP) is 1.24. The van der Waals surface area contributed by atoms with E-state index in [1.54, 1.807) is 12.1 Å². The average Bonchev–Trinajstić information content (AvgIpc) is 2.67. The fourth-order valence-electron chi connectivity index (χ4n) is 2.33. The summed E-state index contributed by atoms with van der Waals surface area (Å²) in [5, 5.41) is 10.0. The highest BCUT2D eigenvalue weighted by Crippen LogP contribution is 2.13. The minimum atomic E-state index is -4.05. The molecule has 0 spiro atoms. The first-order valence-electron chi connectivity index (χ1n) is 8.84. The molecular formula is C19H23N3O6S. The summed E-state index contributed by atoms with van der Waals surface area (Å²) >= 11 is 0. The van der Waals surface area contributed by atoms with Gasteiger partial charge in [-0.25, -0.2) is 4.79 Å². The van der Waals surface area contributed by atoms with Crippen LogP contribution in [-0.2, 0) is 32.9 Å². The number of rotatable bonds is 10. The van der Waals surface area contributed by atoms with Crippen molar-refractivity contribution in [3.05, 3.63) is 65.7 Å². The van der Waals surface area contributed by atoms with Crippen LogP contribution in [0.15, 0.2) is 54.6 Å². The third-order valence-electron chi connectivity index (χ3n) is 3.71. The molecule has 0 fully saturated rings. The van der Waals surface area contributed by atoms with Crippen LogP contribution in [0.25, 0.3) is 0 Å². The van der Waals surface area contributed by atoms with Crippen molar-refractivity contribution in [1.29, 1.82) is 0 Å². The van der Waals surface area contributed by atoms with Crippen molar-refractivity contribution in [2.24, 2.45) is 5.14 Å². The Kier molecular flexibility index (Phi) is 8.44. The Hall–Kier alpha value is -3.11. The molecule has 2 rings (SSSR count). The number of hydrogen-bond acceptors (Lipinski definition) is 6. The van der Waals surface area contributed by atoms with Crippen LogP contribution in [0, 0.1) is 0 Å². The van der Waals surface area contributed by atoms with Gasteiger partial charge in [0.15, 0.2) is 0 Å². The summed E-state index contributed by atoms with van der Waals surface area (Å²) in [6.45, 7) is 0.728. The molecule has 0 bridgehead atoms. The Morgan fingerprint density at radius 3 is 2.24 bits per heavy atom. The van der Waals surface area contributed by atoms with Crippen LogP contribution < -0.4 is 20.0 Å². The van der Waals surface area contributed by atoms with Crippen molar-refractivity contribution in [1.82, 2.24) is 10.6 Å². The summed E-state index contributed by atoms with van der Waals surface area (Å²) < 4.78 is 31.3. The van der Waals surface area contributed by atoms with Gasteiger partial charge in [0.1, 0.15) is 12.4 Å². The summed E-state index contributed by atoms with van der Waals surface area (Å²) in [5.74, 6) is -0.0898. The predicted molar refractivity (Wildman–Crippen MR) is 106 cm³/mol. The van der Waals surface area contributed by atoms with Gasteiger partial charge >= 0.3 is 16.4 Å². The second-order valence-electron chi connectivity index (χ2n) is 6.06. The highest BCUT2D eigenvalue weighted by molar-refractivity contribution is 7.84. The average molecular weight is 421 g/mol. The molecule has 0 unspecified atom stereocenters. The molecule has 2 amide bonds. The van der Waals surface area contributed by atoms with Gasteiger partial charge in [0.2, 0.25) is 5.91 Å². The van der Waals surface area contributed by atoms with E-state index in [4.69, 9.17) is 9.88 Å². The Morgan fingerprint density at radius 2 is 1.59 bits per heavy atom. The lowest BCUT2D eigenvalue weighted by Crippen LogP contribution is -2.31. The van der Waals surface area contributed by atoms with Crippen molar-refractivity contribution < 1.29 is 26.9 Å². The maximum atomic E-state index is 11.8. The van der Waals surface area contributed by atoms with Crippen molar-refractivity contribution in [2.75, 3.05) is 13.1 Å². The molecule has 0 radical (unpaired) electrons. The molecule has 0 aliphatic rings. The van der Waals surface area contributed by atoms with Gasteiger partial charge < -0.3 is 19.6 Å². The number of ether oxygens (including phenoxy) is 1. The maximum absolute atomic E-state index is 11.8. The van der Waals surface area contributed by atoms with Gasteiger partial charge in [-0.1, -0.05) is 42.5 Å². The van der Waals surface area contributed by atoms with Gasteiger partial charge in [-0.3, -0.25) is 4.79 Å². The fraction of sp³-hybridized carbons (Fsp3) is 0.263. The second kappa shape index (κ2) is 11.0. The molecule has 0 aliphatic heterocycles. The number of nitrogens with two attached hydrogens (primary N) is 1. The zero-order valence-corrected chi connectivity index (χ0v) is 16.5. The molecule has 2 aromatic carbocycles. The van der Waals surface area contributed by atoms with Crippen LogP contribution in [-0.4, -0.2) is 33.5 Å². The third kappa shape index (κ3) is 9.58. The number of benzene rings is 2. The second-order valence-corrected chi connectivity index (χ2v) is 7.21. The lowest BCUT2D eigenvalue weighted by molar-refractivity contribution is -0.120. The van der Waals surface area contributed by atoms with Gasteiger partial charge in [0.25, 0.3) is 0 Å². The van der Waals surface area contributed by atoms with Gasteiger partial charge in [-0.2, -0.15) is 13.6 Å². The molecule has 0 saturated carbocycles. The molecule has 0 heterocycles. The number of amides is 2. The number of hydrogen-bond donors (Lipinski definition) is 3. The monoisotopic (exact) mass is 421 g/mol. The lowest BCUT2D eigenvalue weighted by atomic mass is 10.1. The zero-order chi connectivity index (χ0) is 21.1. The summed E-state index contributed by atoms with van der Waals surface area (Å²) in [4.78, 5) is 23.4. The Morgan fingerprint density at radius 1 is 0.897 bits per heavy atom. The highest BCUT2D eigenvalue weighted by Gasteiger charge is 2.06. The Balaban J connectivity index is 1.58. The molecule has 29 heavy (non-hydrogen) atoms. The minimum Gasteiger partial charge on any atom is -0.445 e. The molecule has 4 N–H and O–H groups in total. The van der Waals surface area contributed by atoms with Gasteiger partial charge in [-0.15, -0.1) is 0 Å². The highest BCUT2D eigenvalue weighted by atomic mass is 32.2. The minimum absolute atomic E-state index is 0.116. The standard InChI is InChI=1S/C19H23N3O6S/c20-29(25,26)28-17-8-6-15(7-9-17)10-12-21-18(23)11-13-22-19(24)27-14-16-4-2-1-3-5-16/h1-9H,10-14H2,(H,21,23)(H,22,24)(H2,20,25,26). The quantitative estimate of drug-likeness (QED) is 0.528. The summed E-state index contributed by atoms with van der Waals surface area (Å²) in [6.07, 6.45) is 0.0960. The first-order valence-corrected chi connectivity index (χ1v) is 10.3. The third-order valence-corrected chi connectivity index (χ3v) is 4.13. The van der Waals surface area contributed by atoms with Crippen molar-refractivity contribution in [2.45, 2.75) is 19.4 Å². The van der Waals surface area contributed by atoms with Crippen molar-refractivity contribution in [3.63, 3.8) is 0 Å². The van der Waals surface area contributed by atoms with Crippen LogP contribution in [0.1, 0.15) is 17.5 Å². The van der Waals surface area contributed by atoms with E-state index < -0.39 is 16.4 Å². The molecule has 0 atom stereocenters. The number of nitrogens with one attached hydrogen (secondary N) is 2. The van der Waals surface area contributed by atoms with E-state index in [2.05, 4.69) is 14.8 Å². The van der Waals surface area contributed by atoms with Crippen LogP contribution in [0.2, 0.25) is 0 Å². The van der Waals surface area contributed by atoms with Crippen molar-refractivity contribution in [3.8, 4) is 5.75 Å². The lowest BCUT2D eigenvalue weighted by Gasteiger charge is -2.08. The topological polar surface area (TPSA) is 137 Å². The molecule has 156 valence electrons. The van der Waals surface area contributed by atoms with Crippen LogP contribution in [0.3, 0.4) is 0 Å². The molecule has 2 aromatic rings. The molecule has 0 aliphatic carbocycles. The van der Waals surface area contributed by atoms with Crippen molar-refractivity contribution >= 4 is 22.3 Å². The Labute approximate surface area is 169 Å². The Bertz CT molecular complexity index is 901. The van der Waals surface area contributed by atoms with E-state index in [9.17, 15) is 18.0 Å². The van der Waals surface area contributed by atoms with Gasteiger partial charge in [0.05, 0.1) is 0 Å². The number of carbonyl (C=O) groups is 2. The molecular weight excluding hydrogens is 398 g/mol. The van der Waals surface area contributed by atoms with E-state index in [-0.39, 0.29) is 31.2 Å². The number of carbonyl (C=O) groups excluding carboxylic acids is 2. The maximum Gasteiger partial charge on any atom is 0.407 e. The molecule has 10 heteroatoms. The van der Waals surface area contributed by atoms with E-state index in [1.807, 2.05) is 30.3 Å². The van der Waals surface area contributed by atoms with Gasteiger partial charge in [-0.05, 0) is 29.7 Å². The number of alkyl carbamates (subject to hydrolysis) is 1. The largest absolute Gasteiger partial charge is 0.445 e. The molecule has 0 saturated heterocycles. The van der Waals surface area contributed by atoms with Crippen LogP contribution in [0.4, 0.5) is 4.79 Å². The first-order chi connectivity index (χ1) is 13.8.